The van der Waals surface area contributed by atoms with Crippen molar-refractivity contribution in [1.29, 1.82) is 0 Å². The molecule has 3 nitrogen and oxygen atoms in total. The second-order valence-corrected chi connectivity index (χ2v) is 6.04. The number of nitrogens with zero attached hydrogens (tertiary/aromatic N) is 1. The SMILES string of the molecule is Cc1cc(C)c(C(=O)CN(C)C2CCOC2C)c(C)c1. The summed E-state index contributed by atoms with van der Waals surface area (Å²) in [5.74, 6) is 0.210. The van der Waals surface area contributed by atoms with Gasteiger partial charge >= 0.3 is 0 Å². The van der Waals surface area contributed by atoms with Crippen molar-refractivity contribution in [3.05, 3.63) is 34.4 Å². The molecule has 0 saturated carbocycles. The molecule has 1 aliphatic heterocycles. The summed E-state index contributed by atoms with van der Waals surface area (Å²) in [6.07, 6.45) is 1.23. The van der Waals surface area contributed by atoms with Crippen LogP contribution in [0.1, 0.15) is 40.4 Å². The summed E-state index contributed by atoms with van der Waals surface area (Å²) in [6.45, 7) is 9.46. The van der Waals surface area contributed by atoms with Crippen LogP contribution in [0.5, 0.6) is 0 Å². The first kappa shape index (κ1) is 15.2. The van der Waals surface area contributed by atoms with E-state index in [-0.39, 0.29) is 11.9 Å². The van der Waals surface area contributed by atoms with Crippen molar-refractivity contribution in [2.45, 2.75) is 46.3 Å². The fourth-order valence-corrected chi connectivity index (χ4v) is 3.34. The van der Waals surface area contributed by atoms with Gasteiger partial charge in [0.1, 0.15) is 0 Å². The van der Waals surface area contributed by atoms with E-state index in [0.29, 0.717) is 12.6 Å². The zero-order chi connectivity index (χ0) is 14.9. The van der Waals surface area contributed by atoms with E-state index in [9.17, 15) is 4.79 Å². The van der Waals surface area contributed by atoms with Crippen LogP contribution in [-0.2, 0) is 4.74 Å². The van der Waals surface area contributed by atoms with E-state index in [0.717, 1.165) is 29.7 Å². The van der Waals surface area contributed by atoms with Gasteiger partial charge in [0.05, 0.1) is 12.6 Å². The molecule has 2 rings (SSSR count). The average Bonchev–Trinajstić information content (AvgIpc) is 2.73. The second-order valence-electron chi connectivity index (χ2n) is 6.04. The van der Waals surface area contributed by atoms with Crippen molar-refractivity contribution >= 4 is 5.78 Å². The third-order valence-corrected chi connectivity index (χ3v) is 4.25. The van der Waals surface area contributed by atoms with E-state index < -0.39 is 0 Å². The van der Waals surface area contributed by atoms with Crippen LogP contribution in [0.4, 0.5) is 0 Å². The number of rotatable bonds is 4. The van der Waals surface area contributed by atoms with E-state index in [1.54, 1.807) is 0 Å². The normalized spacial score (nSPS) is 22.5. The molecule has 1 aromatic rings. The largest absolute Gasteiger partial charge is 0.377 e. The van der Waals surface area contributed by atoms with Gasteiger partial charge in [0.2, 0.25) is 0 Å². The number of carbonyl (C=O) groups is 1. The number of carbonyl (C=O) groups excluding carboxylic acids is 1. The van der Waals surface area contributed by atoms with Gasteiger partial charge in [0.15, 0.2) is 5.78 Å². The van der Waals surface area contributed by atoms with Gasteiger partial charge in [-0.25, -0.2) is 0 Å². The van der Waals surface area contributed by atoms with E-state index in [2.05, 4.69) is 30.9 Å². The lowest BCUT2D eigenvalue weighted by Crippen LogP contribution is -2.40. The summed E-state index contributed by atoms with van der Waals surface area (Å²) in [7, 11) is 2.02. The summed E-state index contributed by atoms with van der Waals surface area (Å²) in [4.78, 5) is 14.7. The summed E-state index contributed by atoms with van der Waals surface area (Å²) in [5, 5.41) is 0. The highest BCUT2D eigenvalue weighted by Crippen LogP contribution is 2.21. The molecule has 0 radical (unpaired) electrons. The minimum absolute atomic E-state index is 0.210. The molecule has 0 spiro atoms. The first-order valence-electron chi connectivity index (χ1n) is 7.33. The molecule has 2 unspecified atom stereocenters. The lowest BCUT2D eigenvalue weighted by atomic mass is 9.96. The molecule has 1 saturated heterocycles. The lowest BCUT2D eigenvalue weighted by Gasteiger charge is -2.26. The Labute approximate surface area is 121 Å². The molecule has 0 N–H and O–H groups in total. The smallest absolute Gasteiger partial charge is 0.177 e. The zero-order valence-electron chi connectivity index (χ0n) is 13.2. The topological polar surface area (TPSA) is 29.5 Å². The molecule has 0 amide bonds. The zero-order valence-corrected chi connectivity index (χ0v) is 13.2. The second kappa shape index (κ2) is 6.06. The Morgan fingerprint density at radius 2 is 1.90 bits per heavy atom. The van der Waals surface area contributed by atoms with Crippen molar-refractivity contribution in [3.8, 4) is 0 Å². The number of hydrogen-bond acceptors (Lipinski definition) is 3. The van der Waals surface area contributed by atoms with Crippen LogP contribution in [-0.4, -0.2) is 43.0 Å². The molecular weight excluding hydrogens is 250 g/mol. The number of likely N-dealkylation sites (N-methyl/N-ethyl adjacent to an activating group) is 1. The lowest BCUT2D eigenvalue weighted by molar-refractivity contribution is 0.0745. The molecule has 0 bridgehead atoms. The van der Waals surface area contributed by atoms with Crippen molar-refractivity contribution in [2.75, 3.05) is 20.2 Å². The summed E-state index contributed by atoms with van der Waals surface area (Å²) in [6, 6.07) is 4.52. The van der Waals surface area contributed by atoms with Gasteiger partial charge in [-0.05, 0) is 52.3 Å². The number of aryl methyl sites for hydroxylation is 3. The van der Waals surface area contributed by atoms with Gasteiger partial charge in [-0.15, -0.1) is 0 Å². The van der Waals surface area contributed by atoms with Crippen LogP contribution in [0, 0.1) is 20.8 Å². The average molecular weight is 275 g/mol. The number of hydrogen-bond donors (Lipinski definition) is 0. The Morgan fingerprint density at radius 3 is 2.40 bits per heavy atom. The first-order chi connectivity index (χ1) is 9.40. The molecule has 2 atom stereocenters. The maximum absolute atomic E-state index is 12.6. The van der Waals surface area contributed by atoms with E-state index >= 15 is 0 Å². The standard InChI is InChI=1S/C17H25NO2/c1-11-8-12(2)17(13(3)9-11)16(19)10-18(5)15-6-7-20-14(15)4/h8-9,14-15H,6-7,10H2,1-5H3. The quantitative estimate of drug-likeness (QED) is 0.791. The molecule has 3 heteroatoms. The molecule has 1 fully saturated rings. The number of ether oxygens (including phenoxy) is 1. The monoisotopic (exact) mass is 275 g/mol. The highest BCUT2D eigenvalue weighted by molar-refractivity contribution is 6.00. The van der Waals surface area contributed by atoms with Gasteiger partial charge in [0, 0.05) is 18.2 Å². The number of ketones is 1. The maximum atomic E-state index is 12.6. The Hall–Kier alpha value is -1.19. The van der Waals surface area contributed by atoms with Crippen LogP contribution >= 0.6 is 0 Å². The van der Waals surface area contributed by atoms with Crippen LogP contribution in [0.15, 0.2) is 12.1 Å². The Morgan fingerprint density at radius 1 is 1.30 bits per heavy atom. The fourth-order valence-electron chi connectivity index (χ4n) is 3.34. The summed E-state index contributed by atoms with van der Waals surface area (Å²) >= 11 is 0. The van der Waals surface area contributed by atoms with Gasteiger partial charge < -0.3 is 4.74 Å². The highest BCUT2D eigenvalue weighted by Gasteiger charge is 2.29. The molecule has 1 heterocycles. The minimum Gasteiger partial charge on any atom is -0.377 e. The summed E-state index contributed by atoms with van der Waals surface area (Å²) in [5.41, 5.74) is 4.25. The predicted octanol–water partition coefficient (Wildman–Crippen LogP) is 2.90. The van der Waals surface area contributed by atoms with Gasteiger partial charge in [-0.3, -0.25) is 9.69 Å². The Bertz CT molecular complexity index is 487. The molecule has 1 aromatic carbocycles. The van der Waals surface area contributed by atoms with E-state index in [4.69, 9.17) is 4.74 Å². The fraction of sp³-hybridized carbons (Fsp3) is 0.588. The van der Waals surface area contributed by atoms with Crippen LogP contribution in [0.3, 0.4) is 0 Å². The predicted molar refractivity (Wildman–Crippen MR) is 81.4 cm³/mol. The molecule has 1 aliphatic rings. The molecule has 0 aliphatic carbocycles. The third-order valence-electron chi connectivity index (χ3n) is 4.25. The molecule has 20 heavy (non-hydrogen) atoms. The van der Waals surface area contributed by atoms with Gasteiger partial charge in [-0.2, -0.15) is 0 Å². The number of Topliss-reactive ketones (excluding diaryl/α,β-unsaturated/α-hetero) is 1. The molecule has 0 aromatic heterocycles. The highest BCUT2D eigenvalue weighted by atomic mass is 16.5. The van der Waals surface area contributed by atoms with Crippen LogP contribution in [0.2, 0.25) is 0 Å². The number of benzene rings is 1. The van der Waals surface area contributed by atoms with Gasteiger partial charge in [-0.1, -0.05) is 17.7 Å². The van der Waals surface area contributed by atoms with E-state index in [1.807, 2.05) is 20.9 Å². The molecule has 110 valence electrons. The molecular formula is C17H25NO2. The minimum atomic E-state index is 0.210. The Kier molecular flexibility index (Phi) is 4.61. The van der Waals surface area contributed by atoms with Crippen molar-refractivity contribution in [3.63, 3.8) is 0 Å². The van der Waals surface area contributed by atoms with E-state index in [1.165, 1.54) is 5.56 Å². The third kappa shape index (κ3) is 3.10. The van der Waals surface area contributed by atoms with Crippen molar-refractivity contribution in [2.24, 2.45) is 0 Å². The Balaban J connectivity index is 2.12. The summed E-state index contributed by atoms with van der Waals surface area (Å²) < 4.78 is 5.58. The first-order valence-corrected chi connectivity index (χ1v) is 7.33. The van der Waals surface area contributed by atoms with Crippen LogP contribution < -0.4 is 0 Å². The van der Waals surface area contributed by atoms with Crippen molar-refractivity contribution in [1.82, 2.24) is 4.90 Å². The van der Waals surface area contributed by atoms with Gasteiger partial charge in [0.25, 0.3) is 0 Å². The van der Waals surface area contributed by atoms with Crippen molar-refractivity contribution < 1.29 is 9.53 Å². The van der Waals surface area contributed by atoms with Crippen LogP contribution in [0.25, 0.3) is 0 Å². The maximum Gasteiger partial charge on any atom is 0.177 e.